The molecule has 32 heavy (non-hydrogen) atoms. The molecule has 0 unspecified atom stereocenters. The van der Waals surface area contributed by atoms with Crippen molar-refractivity contribution in [1.82, 2.24) is 9.47 Å². The van der Waals surface area contributed by atoms with E-state index in [0.29, 0.717) is 32.4 Å². The number of hydrogen-bond donors (Lipinski definition) is 3. The first-order valence-corrected chi connectivity index (χ1v) is 10.6. The smallest absolute Gasteiger partial charge is 0.341 e. The number of halogens is 2. The van der Waals surface area contributed by atoms with E-state index >= 15 is 8.78 Å². The number of pyridine rings is 1. The van der Waals surface area contributed by atoms with Gasteiger partial charge in [0, 0.05) is 37.3 Å². The number of amides is 1. The summed E-state index contributed by atoms with van der Waals surface area (Å²) >= 11 is 0. The van der Waals surface area contributed by atoms with Crippen molar-refractivity contribution in [3.8, 4) is 0 Å². The molecule has 1 aromatic carbocycles. The maximum Gasteiger partial charge on any atom is 0.341 e. The lowest BCUT2D eigenvalue weighted by atomic mass is 10.0. The van der Waals surface area contributed by atoms with Crippen LogP contribution in [0.15, 0.2) is 4.79 Å². The largest absolute Gasteiger partial charge is 0.477 e. The maximum atomic E-state index is 15.9. The Morgan fingerprint density at radius 2 is 1.81 bits per heavy atom. The van der Waals surface area contributed by atoms with Crippen LogP contribution in [0, 0.1) is 11.6 Å². The molecule has 1 amide bonds. The number of aromatic carboxylic acids is 1. The number of carbonyl (C=O) groups is 2. The van der Waals surface area contributed by atoms with Gasteiger partial charge in [0.05, 0.1) is 16.6 Å². The highest BCUT2D eigenvalue weighted by molar-refractivity contribution is 6.01. The molecule has 0 aliphatic carbocycles. The highest BCUT2D eigenvalue weighted by Crippen LogP contribution is 2.41. The average molecular weight is 448 g/mol. The second-order valence-electron chi connectivity index (χ2n) is 9.17. The fourth-order valence-electron chi connectivity index (χ4n) is 4.97. The number of aromatic nitrogens is 1. The average Bonchev–Trinajstić information content (AvgIpc) is 3.03. The number of nitrogens with one attached hydrogen (secondary N) is 1. The Morgan fingerprint density at radius 1 is 1.19 bits per heavy atom. The number of carbonyl (C=O) groups excluding carboxylic acids is 1. The van der Waals surface area contributed by atoms with Crippen molar-refractivity contribution in [1.29, 1.82) is 0 Å². The van der Waals surface area contributed by atoms with Crippen LogP contribution < -0.4 is 16.5 Å². The molecule has 0 spiro atoms. The molecular formula is C22H26F2N4O4. The monoisotopic (exact) mass is 448 g/mol. The molecule has 2 aromatic rings. The van der Waals surface area contributed by atoms with Crippen molar-refractivity contribution in [2.75, 3.05) is 24.1 Å². The normalized spacial score (nSPS) is 18.1. The summed E-state index contributed by atoms with van der Waals surface area (Å²) in [5.41, 5.74) is 2.82. The Morgan fingerprint density at radius 3 is 2.38 bits per heavy atom. The first-order chi connectivity index (χ1) is 15.0. The molecule has 0 bridgehead atoms. The predicted octanol–water partition coefficient (Wildman–Crippen LogP) is 2.66. The summed E-state index contributed by atoms with van der Waals surface area (Å²) in [6, 6.07) is -0.289. The van der Waals surface area contributed by atoms with Crippen LogP contribution >= 0.6 is 0 Å². The molecule has 0 radical (unpaired) electrons. The van der Waals surface area contributed by atoms with Crippen molar-refractivity contribution in [2.45, 2.75) is 58.0 Å². The summed E-state index contributed by atoms with van der Waals surface area (Å²) < 4.78 is 32.6. The van der Waals surface area contributed by atoms with E-state index < -0.39 is 50.9 Å². The molecule has 0 saturated carbocycles. The van der Waals surface area contributed by atoms with Gasteiger partial charge in [0.15, 0.2) is 11.6 Å². The standard InChI is InChI=1S/C22H26F2N4O4/c1-10(29)27-8-5-11(6-9-27)26-18-15(23)17(25)14-19(16(18)24)28-12(4-7-22(28,2)3)13(20(14)30)21(31)32/h11,26H,4-9,25H2,1-3H3,(H,31,32). The number of nitrogens with two attached hydrogens (primary N) is 1. The number of piperidine rings is 1. The number of benzene rings is 1. The number of nitrogen functional groups attached to an aromatic ring is 1. The predicted molar refractivity (Wildman–Crippen MR) is 116 cm³/mol. The van der Waals surface area contributed by atoms with Gasteiger partial charge in [-0.15, -0.1) is 0 Å². The lowest BCUT2D eigenvalue weighted by Crippen LogP contribution is -2.41. The van der Waals surface area contributed by atoms with Crippen molar-refractivity contribution in [2.24, 2.45) is 0 Å². The van der Waals surface area contributed by atoms with Crippen molar-refractivity contribution in [3.63, 3.8) is 0 Å². The van der Waals surface area contributed by atoms with Gasteiger partial charge in [-0.05, 0) is 39.5 Å². The van der Waals surface area contributed by atoms with Crippen molar-refractivity contribution in [3.05, 3.63) is 33.1 Å². The lowest BCUT2D eigenvalue weighted by Gasteiger charge is -2.33. The zero-order valence-electron chi connectivity index (χ0n) is 18.2. The third-order valence-corrected chi connectivity index (χ3v) is 6.71. The van der Waals surface area contributed by atoms with Crippen molar-refractivity contribution >= 4 is 34.2 Å². The minimum atomic E-state index is -1.45. The third-order valence-electron chi connectivity index (χ3n) is 6.71. The van der Waals surface area contributed by atoms with Crippen LogP contribution in [0.1, 0.15) is 56.1 Å². The minimum Gasteiger partial charge on any atom is -0.477 e. The van der Waals surface area contributed by atoms with Gasteiger partial charge in [-0.25, -0.2) is 13.6 Å². The summed E-state index contributed by atoms with van der Waals surface area (Å²) in [4.78, 5) is 38.0. The number of hydrogen-bond acceptors (Lipinski definition) is 5. The molecule has 3 heterocycles. The Hall–Kier alpha value is -3.17. The van der Waals surface area contributed by atoms with Crippen LogP contribution in [0.5, 0.6) is 0 Å². The number of rotatable bonds is 3. The van der Waals surface area contributed by atoms with E-state index in [9.17, 15) is 19.5 Å². The topological polar surface area (TPSA) is 118 Å². The maximum absolute atomic E-state index is 15.9. The molecule has 1 saturated heterocycles. The summed E-state index contributed by atoms with van der Waals surface area (Å²) in [6.45, 7) is 6.01. The Balaban J connectivity index is 1.91. The number of likely N-dealkylation sites (tertiary alicyclic amines) is 1. The van der Waals surface area contributed by atoms with Gasteiger partial charge in [-0.3, -0.25) is 9.59 Å². The highest BCUT2D eigenvalue weighted by Gasteiger charge is 2.38. The molecule has 172 valence electrons. The van der Waals surface area contributed by atoms with Crippen molar-refractivity contribution < 1.29 is 23.5 Å². The zero-order valence-corrected chi connectivity index (χ0v) is 18.2. The summed E-state index contributed by atoms with van der Waals surface area (Å²) in [6.07, 6.45) is 1.77. The first-order valence-electron chi connectivity index (χ1n) is 10.6. The van der Waals surface area contributed by atoms with E-state index in [4.69, 9.17) is 5.73 Å². The van der Waals surface area contributed by atoms with Gasteiger partial charge in [0.1, 0.15) is 11.3 Å². The van der Waals surface area contributed by atoms with Crippen LogP contribution in [0.3, 0.4) is 0 Å². The zero-order chi connectivity index (χ0) is 23.5. The summed E-state index contributed by atoms with van der Waals surface area (Å²) in [5.74, 6) is -3.58. The van der Waals surface area contributed by atoms with E-state index in [2.05, 4.69) is 5.32 Å². The molecule has 2 aliphatic rings. The second-order valence-corrected chi connectivity index (χ2v) is 9.17. The van der Waals surface area contributed by atoms with E-state index in [1.54, 1.807) is 4.90 Å². The lowest BCUT2D eigenvalue weighted by molar-refractivity contribution is -0.129. The van der Waals surface area contributed by atoms with Crippen LogP contribution in [0.4, 0.5) is 20.2 Å². The first kappa shape index (κ1) is 22.0. The molecule has 8 nitrogen and oxygen atoms in total. The van der Waals surface area contributed by atoms with Crippen LogP contribution in [0.2, 0.25) is 0 Å². The fraction of sp³-hybridized carbons (Fsp3) is 0.500. The van der Waals surface area contributed by atoms with Gasteiger partial charge in [0.2, 0.25) is 11.3 Å². The molecule has 1 fully saturated rings. The van der Waals surface area contributed by atoms with E-state index in [1.165, 1.54) is 11.5 Å². The van der Waals surface area contributed by atoms with E-state index in [1.807, 2.05) is 13.8 Å². The number of carboxylic acids is 1. The molecule has 4 N–H and O–H groups in total. The molecular weight excluding hydrogens is 422 g/mol. The second kappa shape index (κ2) is 7.46. The third kappa shape index (κ3) is 3.20. The van der Waals surface area contributed by atoms with Gasteiger partial charge in [0.25, 0.3) is 0 Å². The van der Waals surface area contributed by atoms with Crippen LogP contribution in [-0.4, -0.2) is 45.6 Å². The fourth-order valence-corrected chi connectivity index (χ4v) is 4.97. The molecule has 2 aliphatic heterocycles. The quantitative estimate of drug-likeness (QED) is 0.622. The Kier molecular flexibility index (Phi) is 5.14. The molecule has 0 atom stereocenters. The van der Waals surface area contributed by atoms with Gasteiger partial charge in [-0.1, -0.05) is 0 Å². The highest BCUT2D eigenvalue weighted by atomic mass is 19.1. The number of nitrogens with zero attached hydrogens (tertiary/aromatic N) is 2. The molecule has 1 aromatic heterocycles. The number of carboxylic acid groups (broad SMARTS) is 1. The number of anilines is 2. The van der Waals surface area contributed by atoms with Crippen LogP contribution in [-0.2, 0) is 16.8 Å². The summed E-state index contributed by atoms with van der Waals surface area (Å²) in [5, 5.41) is 12.1. The summed E-state index contributed by atoms with van der Waals surface area (Å²) in [7, 11) is 0. The van der Waals surface area contributed by atoms with Gasteiger partial charge < -0.3 is 25.6 Å². The van der Waals surface area contributed by atoms with E-state index in [0.717, 1.165) is 0 Å². The molecule has 4 rings (SSSR count). The van der Waals surface area contributed by atoms with E-state index in [-0.39, 0.29) is 29.6 Å². The Bertz CT molecular complexity index is 1210. The molecule has 10 heteroatoms. The Labute approximate surface area is 183 Å². The SMILES string of the molecule is CC(=O)N1CCC(Nc2c(F)c(N)c3c(=O)c(C(=O)O)c4n(c3c2F)C(C)(C)CC4)CC1. The minimum absolute atomic E-state index is 0.0536. The number of fused-ring (bicyclic) bond motifs is 3. The van der Waals surface area contributed by atoms with Gasteiger partial charge in [-0.2, -0.15) is 0 Å². The van der Waals surface area contributed by atoms with Gasteiger partial charge >= 0.3 is 5.97 Å². The van der Waals surface area contributed by atoms with Crippen LogP contribution in [0.25, 0.3) is 10.9 Å².